The third kappa shape index (κ3) is 2.22. The first-order valence-electron chi connectivity index (χ1n) is 5.83. The number of aldehydes is 1. The molecule has 2 aromatic rings. The zero-order chi connectivity index (χ0) is 13.1. The normalized spacial score (nSPS) is 10.8. The summed E-state index contributed by atoms with van der Waals surface area (Å²) in [6, 6.07) is 1.88. The van der Waals surface area contributed by atoms with E-state index < -0.39 is 0 Å². The minimum absolute atomic E-state index is 0.629. The molecule has 0 radical (unpaired) electrons. The number of nitrogens with zero attached hydrogens (tertiary/aromatic N) is 3. The van der Waals surface area contributed by atoms with Crippen molar-refractivity contribution in [3.63, 3.8) is 0 Å². The lowest BCUT2D eigenvalue weighted by Gasteiger charge is -2.05. The minimum atomic E-state index is 0.629. The van der Waals surface area contributed by atoms with E-state index >= 15 is 0 Å². The van der Waals surface area contributed by atoms with E-state index in [-0.39, 0.29) is 0 Å². The first-order valence-corrected chi connectivity index (χ1v) is 5.83. The van der Waals surface area contributed by atoms with Crippen molar-refractivity contribution in [1.29, 1.82) is 0 Å². The molecular formula is C13H17N3O2. The zero-order valence-corrected chi connectivity index (χ0v) is 10.9. The molecule has 0 unspecified atom stereocenters. The van der Waals surface area contributed by atoms with Gasteiger partial charge in [-0.3, -0.25) is 9.48 Å². The van der Waals surface area contributed by atoms with Crippen molar-refractivity contribution >= 4 is 6.29 Å². The van der Waals surface area contributed by atoms with Gasteiger partial charge in [0, 0.05) is 30.3 Å². The second-order valence-corrected chi connectivity index (χ2v) is 4.23. The Bertz CT molecular complexity index is 555. The second kappa shape index (κ2) is 5.18. The van der Waals surface area contributed by atoms with E-state index in [2.05, 4.69) is 5.10 Å². The molecule has 0 bridgehead atoms. The molecule has 2 heterocycles. The number of carbonyl (C=O) groups is 1. The number of aromatic nitrogens is 3. The highest BCUT2D eigenvalue weighted by Gasteiger charge is 2.11. The van der Waals surface area contributed by atoms with Crippen LogP contribution in [0.5, 0.6) is 0 Å². The van der Waals surface area contributed by atoms with Gasteiger partial charge in [0.2, 0.25) is 0 Å². The smallest absolute Gasteiger partial charge is 0.151 e. The summed E-state index contributed by atoms with van der Waals surface area (Å²) in [7, 11) is 1.67. The van der Waals surface area contributed by atoms with E-state index in [4.69, 9.17) is 4.74 Å². The van der Waals surface area contributed by atoms with Gasteiger partial charge in [0.1, 0.15) is 0 Å². The van der Waals surface area contributed by atoms with E-state index in [1.807, 2.05) is 35.4 Å². The van der Waals surface area contributed by atoms with Gasteiger partial charge in [0.05, 0.1) is 25.0 Å². The number of hydrogen-bond donors (Lipinski definition) is 0. The van der Waals surface area contributed by atoms with Crippen molar-refractivity contribution in [3.8, 4) is 5.69 Å². The van der Waals surface area contributed by atoms with Crippen molar-refractivity contribution in [2.45, 2.75) is 20.4 Å². The summed E-state index contributed by atoms with van der Waals surface area (Å²) >= 11 is 0. The SMILES string of the molecule is COCCn1cc(-n2c(C)cc(C=O)c2C)cn1. The number of methoxy groups -OCH3 is 1. The van der Waals surface area contributed by atoms with Gasteiger partial charge in [-0.25, -0.2) is 0 Å². The van der Waals surface area contributed by atoms with Crippen LogP contribution in [0.3, 0.4) is 0 Å². The third-order valence-corrected chi connectivity index (χ3v) is 3.00. The Morgan fingerprint density at radius 2 is 2.22 bits per heavy atom. The summed E-state index contributed by atoms with van der Waals surface area (Å²) in [6.07, 6.45) is 4.63. The summed E-state index contributed by atoms with van der Waals surface area (Å²) in [5.74, 6) is 0. The average molecular weight is 247 g/mol. The monoisotopic (exact) mass is 247 g/mol. The summed E-state index contributed by atoms with van der Waals surface area (Å²) in [5, 5.41) is 4.27. The van der Waals surface area contributed by atoms with Gasteiger partial charge in [-0.2, -0.15) is 5.10 Å². The molecule has 0 aromatic carbocycles. The molecule has 2 rings (SSSR count). The number of hydrogen-bond acceptors (Lipinski definition) is 3. The lowest BCUT2D eigenvalue weighted by atomic mass is 10.3. The highest BCUT2D eigenvalue weighted by molar-refractivity contribution is 5.77. The molecule has 0 saturated heterocycles. The Kier molecular flexibility index (Phi) is 3.62. The summed E-state index contributed by atoms with van der Waals surface area (Å²) < 4.78 is 8.88. The Morgan fingerprint density at radius 3 is 2.83 bits per heavy atom. The molecule has 0 atom stereocenters. The van der Waals surface area contributed by atoms with Crippen LogP contribution in [-0.2, 0) is 11.3 Å². The van der Waals surface area contributed by atoms with Gasteiger partial charge >= 0.3 is 0 Å². The average Bonchev–Trinajstić information content (AvgIpc) is 2.91. The predicted molar refractivity (Wildman–Crippen MR) is 68.3 cm³/mol. The van der Waals surface area contributed by atoms with Crippen molar-refractivity contribution in [1.82, 2.24) is 14.3 Å². The Balaban J connectivity index is 2.34. The summed E-state index contributed by atoms with van der Waals surface area (Å²) in [6.45, 7) is 5.26. The molecule has 96 valence electrons. The fourth-order valence-electron chi connectivity index (χ4n) is 2.08. The molecule has 5 heteroatoms. The largest absolute Gasteiger partial charge is 0.383 e. The van der Waals surface area contributed by atoms with Crippen LogP contribution >= 0.6 is 0 Å². The summed E-state index contributed by atoms with van der Waals surface area (Å²) in [5.41, 5.74) is 3.65. The lowest BCUT2D eigenvalue weighted by molar-refractivity contribution is 0.112. The Hall–Kier alpha value is -1.88. The molecule has 18 heavy (non-hydrogen) atoms. The van der Waals surface area contributed by atoms with E-state index in [0.29, 0.717) is 6.61 Å². The van der Waals surface area contributed by atoms with E-state index in [1.54, 1.807) is 13.3 Å². The van der Waals surface area contributed by atoms with Crippen LogP contribution < -0.4 is 0 Å². The molecule has 0 aliphatic rings. The molecule has 0 aliphatic carbocycles. The standard InChI is InChI=1S/C13H17N3O2/c1-10-6-12(9-17)11(2)16(10)13-7-14-15(8-13)4-5-18-3/h6-9H,4-5H2,1-3H3. The van der Waals surface area contributed by atoms with Crippen LogP contribution in [-0.4, -0.2) is 34.4 Å². The summed E-state index contributed by atoms with van der Waals surface area (Å²) in [4.78, 5) is 10.9. The lowest BCUT2D eigenvalue weighted by Crippen LogP contribution is -2.04. The fraction of sp³-hybridized carbons (Fsp3) is 0.385. The van der Waals surface area contributed by atoms with Gasteiger partial charge in [-0.1, -0.05) is 0 Å². The second-order valence-electron chi connectivity index (χ2n) is 4.23. The van der Waals surface area contributed by atoms with Crippen molar-refractivity contribution in [2.24, 2.45) is 0 Å². The maximum atomic E-state index is 10.9. The van der Waals surface area contributed by atoms with E-state index in [1.165, 1.54) is 0 Å². The highest BCUT2D eigenvalue weighted by atomic mass is 16.5. The van der Waals surface area contributed by atoms with Crippen LogP contribution in [0, 0.1) is 13.8 Å². The maximum Gasteiger partial charge on any atom is 0.151 e. The quantitative estimate of drug-likeness (QED) is 0.756. The third-order valence-electron chi connectivity index (χ3n) is 3.00. The molecule has 0 spiro atoms. The van der Waals surface area contributed by atoms with E-state index in [0.717, 1.165) is 35.5 Å². The van der Waals surface area contributed by atoms with Gasteiger partial charge in [-0.15, -0.1) is 0 Å². The predicted octanol–water partition coefficient (Wildman–Crippen LogP) is 1.75. The zero-order valence-electron chi connectivity index (χ0n) is 10.9. The van der Waals surface area contributed by atoms with Crippen molar-refractivity contribution < 1.29 is 9.53 Å². The molecule has 0 N–H and O–H groups in total. The van der Waals surface area contributed by atoms with Crippen LogP contribution in [0.4, 0.5) is 0 Å². The highest BCUT2D eigenvalue weighted by Crippen LogP contribution is 2.19. The molecular weight excluding hydrogens is 230 g/mol. The number of ether oxygens (including phenoxy) is 1. The molecule has 0 fully saturated rings. The van der Waals surface area contributed by atoms with Crippen LogP contribution in [0.2, 0.25) is 0 Å². The van der Waals surface area contributed by atoms with E-state index in [9.17, 15) is 4.79 Å². The first-order chi connectivity index (χ1) is 8.67. The number of carbonyl (C=O) groups excluding carboxylic acids is 1. The van der Waals surface area contributed by atoms with Crippen LogP contribution in [0.15, 0.2) is 18.5 Å². The van der Waals surface area contributed by atoms with Gasteiger partial charge in [0.15, 0.2) is 6.29 Å². The number of rotatable bonds is 5. The van der Waals surface area contributed by atoms with Crippen molar-refractivity contribution in [3.05, 3.63) is 35.4 Å². The molecule has 2 aromatic heterocycles. The van der Waals surface area contributed by atoms with Crippen LogP contribution in [0.1, 0.15) is 21.7 Å². The first kappa shape index (κ1) is 12.6. The van der Waals surface area contributed by atoms with Gasteiger partial charge in [0.25, 0.3) is 0 Å². The van der Waals surface area contributed by atoms with Gasteiger partial charge < -0.3 is 9.30 Å². The molecule has 0 aliphatic heterocycles. The molecule has 5 nitrogen and oxygen atoms in total. The molecule has 0 saturated carbocycles. The van der Waals surface area contributed by atoms with Gasteiger partial charge in [-0.05, 0) is 19.9 Å². The Morgan fingerprint density at radius 1 is 1.44 bits per heavy atom. The number of aryl methyl sites for hydroxylation is 1. The van der Waals surface area contributed by atoms with Crippen LogP contribution in [0.25, 0.3) is 5.69 Å². The fourth-order valence-corrected chi connectivity index (χ4v) is 2.08. The minimum Gasteiger partial charge on any atom is -0.383 e. The molecule has 0 amide bonds. The Labute approximate surface area is 106 Å². The maximum absolute atomic E-state index is 10.9. The topological polar surface area (TPSA) is 49.0 Å². The van der Waals surface area contributed by atoms with Crippen molar-refractivity contribution in [2.75, 3.05) is 13.7 Å².